The molecule has 0 fully saturated rings. The van der Waals surface area contributed by atoms with E-state index in [1.807, 2.05) is 4.98 Å². The van der Waals surface area contributed by atoms with Crippen LogP contribution in [0.2, 0.25) is 0 Å². The molecular formula is C15H21N4O11P. The third-order valence-corrected chi connectivity index (χ3v) is 4.45. The maximum atomic E-state index is 12.8. The van der Waals surface area contributed by atoms with Crippen LogP contribution in [0.25, 0.3) is 11.2 Å². The predicted octanol–water partition coefficient (Wildman–Crippen LogP) is -3.57. The molecule has 0 amide bonds. The van der Waals surface area contributed by atoms with Crippen LogP contribution in [-0.2, 0) is 22.2 Å². The molecule has 0 saturated carbocycles. The number of aromatic amines is 2. The molecule has 0 unspecified atom stereocenters. The van der Waals surface area contributed by atoms with E-state index in [9.17, 15) is 34.3 Å². The summed E-state index contributed by atoms with van der Waals surface area (Å²) in [4.78, 5) is 58.0. The van der Waals surface area contributed by atoms with Gasteiger partial charge < -0.3 is 24.9 Å². The van der Waals surface area contributed by atoms with Gasteiger partial charge in [-0.3, -0.25) is 33.7 Å². The number of hydrogen-bond acceptors (Lipinski definition) is 9. The summed E-state index contributed by atoms with van der Waals surface area (Å²) in [6, 6.07) is 0. The molecule has 0 aliphatic rings. The lowest BCUT2D eigenvalue weighted by Crippen LogP contribution is -2.43. The number of rotatable bonds is 10. The van der Waals surface area contributed by atoms with Crippen LogP contribution in [0.1, 0.15) is 0 Å². The molecule has 2 rings (SSSR count). The van der Waals surface area contributed by atoms with Crippen molar-refractivity contribution in [3.63, 3.8) is 0 Å². The van der Waals surface area contributed by atoms with E-state index in [0.717, 1.165) is 21.5 Å². The Bertz CT molecular complexity index is 1180. The van der Waals surface area contributed by atoms with Crippen LogP contribution in [-0.4, -0.2) is 74.2 Å². The minimum Gasteiger partial charge on any atom is -0.412 e. The molecule has 2 heterocycles. The third-order valence-electron chi connectivity index (χ3n) is 4.06. The number of phosphoric ester groups is 1. The van der Waals surface area contributed by atoms with E-state index in [1.165, 1.54) is 12.2 Å². The number of nitrogens with zero attached hydrogens (tertiary/aromatic N) is 2. The second-order valence-electron chi connectivity index (χ2n) is 6.27. The maximum Gasteiger partial charge on any atom is 0.524 e. The van der Waals surface area contributed by atoms with Gasteiger partial charge in [-0.25, -0.2) is 14.2 Å². The van der Waals surface area contributed by atoms with Gasteiger partial charge in [-0.2, -0.15) is 0 Å². The van der Waals surface area contributed by atoms with Crippen molar-refractivity contribution in [2.45, 2.75) is 31.4 Å². The van der Waals surface area contributed by atoms with Crippen molar-refractivity contribution in [1.29, 1.82) is 0 Å². The molecule has 0 bridgehead atoms. The molecule has 2 aromatic heterocycles. The highest BCUT2D eigenvalue weighted by Gasteiger charge is 2.27. The van der Waals surface area contributed by atoms with Gasteiger partial charge in [0.15, 0.2) is 5.52 Å². The van der Waals surface area contributed by atoms with Crippen LogP contribution in [0.5, 0.6) is 0 Å². The molecule has 0 aliphatic carbocycles. The molecule has 0 aromatic carbocycles. The van der Waals surface area contributed by atoms with E-state index in [2.05, 4.69) is 9.51 Å². The first-order chi connectivity index (χ1) is 14.5. The van der Waals surface area contributed by atoms with Gasteiger partial charge in [-0.05, 0) is 6.08 Å². The number of nitrogens with one attached hydrogen (secondary N) is 2. The molecule has 3 atom stereocenters. The number of aromatic nitrogens is 4. The fourth-order valence-corrected chi connectivity index (χ4v) is 2.88. The molecule has 8 N–H and O–H groups in total. The van der Waals surface area contributed by atoms with Gasteiger partial charge in [0.25, 0.3) is 5.56 Å². The Morgan fingerprint density at radius 3 is 2.32 bits per heavy atom. The first-order valence-electron chi connectivity index (χ1n) is 8.62. The highest BCUT2D eigenvalue weighted by molar-refractivity contribution is 7.46. The van der Waals surface area contributed by atoms with E-state index in [1.54, 1.807) is 0 Å². The zero-order valence-electron chi connectivity index (χ0n) is 15.7. The van der Waals surface area contributed by atoms with Crippen LogP contribution in [0.4, 0.5) is 0 Å². The topological polar surface area (TPSA) is 240 Å². The van der Waals surface area contributed by atoms with Crippen molar-refractivity contribution >= 4 is 19.0 Å². The number of aliphatic hydroxyl groups is 4. The van der Waals surface area contributed by atoms with Crippen LogP contribution < -0.4 is 16.9 Å². The van der Waals surface area contributed by atoms with Gasteiger partial charge in [0.2, 0.25) is 0 Å². The molecule has 2 aromatic rings. The largest absolute Gasteiger partial charge is 0.524 e. The smallest absolute Gasteiger partial charge is 0.412 e. The van der Waals surface area contributed by atoms with Crippen LogP contribution in [0, 0.1) is 0 Å². The van der Waals surface area contributed by atoms with E-state index >= 15 is 0 Å². The SMILES string of the molecule is O=c1[nH]c(=O)c2c([nH]1)n(C[C@@H](O)[C@H](O)[C@H](O)CO)c(=O)n2C/C=C\C=C\OP(=O)(O)O. The summed E-state index contributed by atoms with van der Waals surface area (Å²) in [6.07, 6.45) is -0.805. The van der Waals surface area contributed by atoms with Crippen molar-refractivity contribution < 1.29 is 39.3 Å². The summed E-state index contributed by atoms with van der Waals surface area (Å²) < 4.78 is 16.4. The first kappa shape index (κ1) is 24.5. The molecule has 31 heavy (non-hydrogen) atoms. The average molecular weight is 464 g/mol. The lowest BCUT2D eigenvalue weighted by molar-refractivity contribution is -0.0806. The molecule has 0 spiro atoms. The molecule has 0 aliphatic heterocycles. The second-order valence-corrected chi connectivity index (χ2v) is 7.46. The summed E-state index contributed by atoms with van der Waals surface area (Å²) >= 11 is 0. The average Bonchev–Trinajstić information content (AvgIpc) is 2.94. The van der Waals surface area contributed by atoms with Crippen molar-refractivity contribution in [1.82, 2.24) is 19.1 Å². The second kappa shape index (κ2) is 10.0. The van der Waals surface area contributed by atoms with Crippen molar-refractivity contribution in [3.05, 3.63) is 55.8 Å². The Hall–Kier alpha value is -2.78. The molecule has 0 saturated heterocycles. The zero-order chi connectivity index (χ0) is 23.3. The number of phosphoric acid groups is 1. The fraction of sp³-hybridized carbons (Fsp3) is 0.400. The van der Waals surface area contributed by atoms with Crippen LogP contribution >= 0.6 is 7.82 Å². The zero-order valence-corrected chi connectivity index (χ0v) is 16.6. The summed E-state index contributed by atoms with van der Waals surface area (Å²) in [5, 5.41) is 38.2. The Kier molecular flexibility index (Phi) is 7.91. The maximum absolute atomic E-state index is 12.8. The highest BCUT2D eigenvalue weighted by Crippen LogP contribution is 2.35. The number of fused-ring (bicyclic) bond motifs is 1. The fourth-order valence-electron chi connectivity index (χ4n) is 2.65. The molecular weight excluding hydrogens is 443 g/mol. The summed E-state index contributed by atoms with van der Waals surface area (Å²) in [5.74, 6) is 0. The predicted molar refractivity (Wildman–Crippen MR) is 104 cm³/mol. The molecule has 16 heteroatoms. The minimum atomic E-state index is -4.69. The first-order valence-corrected chi connectivity index (χ1v) is 10.2. The number of H-pyrrole nitrogens is 2. The Morgan fingerprint density at radius 1 is 1.03 bits per heavy atom. The lowest BCUT2D eigenvalue weighted by Gasteiger charge is -2.21. The number of hydrogen-bond donors (Lipinski definition) is 8. The van der Waals surface area contributed by atoms with E-state index in [4.69, 9.17) is 14.9 Å². The van der Waals surface area contributed by atoms with Crippen LogP contribution in [0.15, 0.2) is 38.9 Å². The Labute approximate surface area is 172 Å². The van der Waals surface area contributed by atoms with Crippen LogP contribution in [0.3, 0.4) is 0 Å². The summed E-state index contributed by atoms with van der Waals surface area (Å²) in [7, 11) is -4.69. The van der Waals surface area contributed by atoms with Gasteiger partial charge in [0.05, 0.1) is 19.4 Å². The Morgan fingerprint density at radius 2 is 1.71 bits per heavy atom. The molecule has 0 radical (unpaired) electrons. The van der Waals surface area contributed by atoms with Gasteiger partial charge in [0, 0.05) is 6.54 Å². The number of imidazole rings is 1. The monoisotopic (exact) mass is 464 g/mol. The Balaban J connectivity index is 2.41. The number of allylic oxidation sites excluding steroid dienone is 3. The van der Waals surface area contributed by atoms with E-state index < -0.39 is 56.2 Å². The lowest BCUT2D eigenvalue weighted by atomic mass is 10.1. The normalized spacial score (nSPS) is 15.7. The van der Waals surface area contributed by atoms with Gasteiger partial charge in [-0.1, -0.05) is 12.2 Å². The molecule has 172 valence electrons. The van der Waals surface area contributed by atoms with Gasteiger partial charge >= 0.3 is 19.2 Å². The third kappa shape index (κ3) is 6.11. The van der Waals surface area contributed by atoms with E-state index in [-0.39, 0.29) is 17.7 Å². The van der Waals surface area contributed by atoms with Crippen molar-refractivity contribution in [2.75, 3.05) is 6.61 Å². The summed E-state index contributed by atoms with van der Waals surface area (Å²) in [5.41, 5.74) is -3.20. The minimum absolute atomic E-state index is 0.227. The van der Waals surface area contributed by atoms with Crippen molar-refractivity contribution in [3.8, 4) is 0 Å². The van der Waals surface area contributed by atoms with E-state index in [0.29, 0.717) is 0 Å². The highest BCUT2D eigenvalue weighted by atomic mass is 31.2. The molecule has 15 nitrogen and oxygen atoms in total. The standard InChI is InChI=1S/C15H21N4O11P/c20-7-9(22)11(23)8(21)6-19-12-10(13(24)17-14(25)16-12)18(15(19)26)4-2-1-3-5-30-31(27,28)29/h1-3,5,8-9,11,20-23H,4,6-7H2,(H2,27,28,29)(H2,16,17,24,25)/b2-1-,5-3+/t8-,9-,11+/m1/s1. The number of aliphatic hydroxyl groups excluding tert-OH is 4. The van der Waals surface area contributed by atoms with Gasteiger partial charge in [-0.15, -0.1) is 0 Å². The van der Waals surface area contributed by atoms with Crippen molar-refractivity contribution in [2.24, 2.45) is 0 Å². The summed E-state index contributed by atoms with van der Waals surface area (Å²) in [6.45, 7) is -1.70. The quantitative estimate of drug-likeness (QED) is 0.0971. The van der Waals surface area contributed by atoms with Gasteiger partial charge in [0.1, 0.15) is 24.0 Å².